The van der Waals surface area contributed by atoms with E-state index in [0.29, 0.717) is 11.3 Å². The fraction of sp³-hybridized carbons (Fsp3) is 0.316. The maximum absolute atomic E-state index is 12.8. The lowest BCUT2D eigenvalue weighted by Gasteiger charge is -2.20. The third-order valence-corrected chi connectivity index (χ3v) is 6.04. The van der Waals surface area contributed by atoms with E-state index in [2.05, 4.69) is 5.10 Å². The Balaban J connectivity index is 2.22. The molecule has 12 heteroatoms. The van der Waals surface area contributed by atoms with Gasteiger partial charge in [0, 0.05) is 12.6 Å². The number of nitro benzene ring substituents is 1. The van der Waals surface area contributed by atoms with E-state index in [4.69, 9.17) is 16.3 Å². The summed E-state index contributed by atoms with van der Waals surface area (Å²) in [5.74, 6) is 0.551. The van der Waals surface area contributed by atoms with Crippen molar-refractivity contribution in [3.8, 4) is 5.75 Å². The first-order valence-electron chi connectivity index (χ1n) is 9.17. The number of nitrogens with zero attached hydrogens (tertiary/aromatic N) is 4. The van der Waals surface area contributed by atoms with E-state index in [0.717, 1.165) is 10.6 Å². The third kappa shape index (κ3) is 4.72. The first kappa shape index (κ1) is 22.8. The second-order valence-corrected chi connectivity index (χ2v) is 9.07. The fourth-order valence-electron chi connectivity index (χ4n) is 3.18. The molecule has 0 N–H and O–H groups in total. The largest absolute Gasteiger partial charge is 0.497 e. The number of anilines is 1. The van der Waals surface area contributed by atoms with Crippen LogP contribution < -0.4 is 9.04 Å². The second kappa shape index (κ2) is 9.06. The molecule has 0 bridgehead atoms. The van der Waals surface area contributed by atoms with Gasteiger partial charge < -0.3 is 4.74 Å². The van der Waals surface area contributed by atoms with E-state index in [-0.39, 0.29) is 46.9 Å². The molecule has 0 aliphatic carbocycles. The van der Waals surface area contributed by atoms with Crippen molar-refractivity contribution in [1.82, 2.24) is 9.78 Å². The molecule has 0 aliphatic rings. The lowest BCUT2D eigenvalue weighted by molar-refractivity contribution is -0.383. The van der Waals surface area contributed by atoms with E-state index >= 15 is 0 Å². The maximum atomic E-state index is 12.8. The number of halogens is 2. The van der Waals surface area contributed by atoms with Crippen molar-refractivity contribution < 1.29 is 22.5 Å². The van der Waals surface area contributed by atoms with Crippen LogP contribution in [-0.2, 0) is 23.1 Å². The molecule has 0 fully saturated rings. The molecule has 0 saturated carbocycles. The van der Waals surface area contributed by atoms with Gasteiger partial charge in [0.15, 0.2) is 5.82 Å². The normalized spacial score (nSPS) is 11.6. The first-order chi connectivity index (χ1) is 14.7. The van der Waals surface area contributed by atoms with Crippen LogP contribution in [0.2, 0.25) is 5.02 Å². The van der Waals surface area contributed by atoms with Crippen LogP contribution in [0.1, 0.15) is 12.0 Å². The summed E-state index contributed by atoms with van der Waals surface area (Å²) in [4.78, 5) is 11.0. The summed E-state index contributed by atoms with van der Waals surface area (Å²) >= 11 is 6.33. The van der Waals surface area contributed by atoms with Crippen LogP contribution in [0.5, 0.6) is 5.75 Å². The molecule has 3 aromatic rings. The number of methoxy groups -OCH3 is 1. The summed E-state index contributed by atoms with van der Waals surface area (Å²) < 4.78 is 45.5. The summed E-state index contributed by atoms with van der Waals surface area (Å²) in [5.41, 5.74) is 0.387. The van der Waals surface area contributed by atoms with Gasteiger partial charge in [-0.25, -0.2) is 12.7 Å². The van der Waals surface area contributed by atoms with Crippen LogP contribution in [0.4, 0.5) is 15.9 Å². The summed E-state index contributed by atoms with van der Waals surface area (Å²) in [6.45, 7) is -0.724. The number of alkyl halides is 1. The number of fused-ring (bicyclic) bond motifs is 1. The van der Waals surface area contributed by atoms with Gasteiger partial charge in [0.05, 0.1) is 41.9 Å². The van der Waals surface area contributed by atoms with Crippen LogP contribution in [0.25, 0.3) is 10.9 Å². The third-order valence-electron chi connectivity index (χ3n) is 4.62. The minimum Gasteiger partial charge on any atom is -0.497 e. The van der Waals surface area contributed by atoms with Crippen LogP contribution in [0.15, 0.2) is 36.4 Å². The number of aromatic nitrogens is 2. The van der Waals surface area contributed by atoms with E-state index in [1.165, 1.54) is 23.9 Å². The zero-order chi connectivity index (χ0) is 22.8. The van der Waals surface area contributed by atoms with Crippen molar-refractivity contribution in [1.29, 1.82) is 0 Å². The molecule has 9 nitrogen and oxygen atoms in total. The Morgan fingerprint density at radius 2 is 1.94 bits per heavy atom. The number of nitro groups is 1. The van der Waals surface area contributed by atoms with Gasteiger partial charge in [0.1, 0.15) is 11.3 Å². The van der Waals surface area contributed by atoms with Gasteiger partial charge in [-0.2, -0.15) is 5.10 Å². The van der Waals surface area contributed by atoms with Crippen LogP contribution in [0, 0.1) is 10.1 Å². The molecule has 0 amide bonds. The smallest absolute Gasteiger partial charge is 0.295 e. The molecule has 0 unspecified atom stereocenters. The van der Waals surface area contributed by atoms with E-state index < -0.39 is 21.6 Å². The van der Waals surface area contributed by atoms with Crippen molar-refractivity contribution in [3.63, 3.8) is 0 Å². The Morgan fingerprint density at radius 1 is 1.26 bits per heavy atom. The van der Waals surface area contributed by atoms with Crippen molar-refractivity contribution >= 4 is 44.0 Å². The molecule has 0 atom stereocenters. The second-order valence-electron chi connectivity index (χ2n) is 6.75. The average Bonchev–Trinajstić information content (AvgIpc) is 3.10. The lowest BCUT2D eigenvalue weighted by atomic mass is 10.2. The topological polar surface area (TPSA) is 108 Å². The predicted molar refractivity (Wildman–Crippen MR) is 116 cm³/mol. The fourth-order valence-corrected chi connectivity index (χ4v) is 4.25. The number of hydrogen-bond donors (Lipinski definition) is 0. The van der Waals surface area contributed by atoms with Gasteiger partial charge in [-0.15, -0.1) is 0 Å². The molecule has 0 spiro atoms. The molecule has 1 aromatic heterocycles. The van der Waals surface area contributed by atoms with Gasteiger partial charge in [-0.05, 0) is 30.2 Å². The quantitative estimate of drug-likeness (QED) is 0.346. The lowest BCUT2D eigenvalue weighted by Crippen LogP contribution is -2.30. The molecule has 31 heavy (non-hydrogen) atoms. The van der Waals surface area contributed by atoms with Gasteiger partial charge in [-0.3, -0.25) is 19.2 Å². The SMILES string of the molecule is COc1ccc(CN(c2nn(CCCF)c3c([N+](=O)[O-])ccc(Cl)c23)S(C)(=O)=O)cc1. The highest BCUT2D eigenvalue weighted by molar-refractivity contribution is 7.92. The van der Waals surface area contributed by atoms with Crippen LogP contribution >= 0.6 is 11.6 Å². The number of rotatable bonds is 9. The molecule has 0 saturated heterocycles. The summed E-state index contributed by atoms with van der Waals surface area (Å²) in [7, 11) is -2.34. The van der Waals surface area contributed by atoms with E-state index in [1.54, 1.807) is 24.3 Å². The highest BCUT2D eigenvalue weighted by Gasteiger charge is 2.29. The van der Waals surface area contributed by atoms with Gasteiger partial charge in [0.2, 0.25) is 10.0 Å². The Kier molecular flexibility index (Phi) is 6.65. The molecular formula is C19H20ClFN4O5S. The zero-order valence-electron chi connectivity index (χ0n) is 16.8. The van der Waals surface area contributed by atoms with Crippen molar-refractivity contribution in [3.05, 3.63) is 57.1 Å². The number of benzene rings is 2. The van der Waals surface area contributed by atoms with Crippen molar-refractivity contribution in [2.45, 2.75) is 19.5 Å². The van der Waals surface area contributed by atoms with Gasteiger partial charge in [0.25, 0.3) is 5.69 Å². The first-order valence-corrected chi connectivity index (χ1v) is 11.4. The number of non-ortho nitro benzene ring substituents is 1. The minimum atomic E-state index is -3.86. The van der Waals surface area contributed by atoms with Crippen molar-refractivity contribution in [2.24, 2.45) is 0 Å². The Hall–Kier alpha value is -2.92. The van der Waals surface area contributed by atoms with Gasteiger partial charge >= 0.3 is 0 Å². The number of ether oxygens (including phenoxy) is 1. The summed E-state index contributed by atoms with van der Waals surface area (Å²) in [5, 5.41) is 16.1. The molecule has 1 heterocycles. The summed E-state index contributed by atoms with van der Waals surface area (Å²) in [6, 6.07) is 9.31. The zero-order valence-corrected chi connectivity index (χ0v) is 18.4. The van der Waals surface area contributed by atoms with Crippen LogP contribution in [0.3, 0.4) is 0 Å². The van der Waals surface area contributed by atoms with Crippen LogP contribution in [-0.4, -0.2) is 43.2 Å². The van der Waals surface area contributed by atoms with E-state index in [9.17, 15) is 22.9 Å². The highest BCUT2D eigenvalue weighted by Crippen LogP contribution is 2.39. The molecule has 2 aromatic carbocycles. The monoisotopic (exact) mass is 470 g/mol. The van der Waals surface area contributed by atoms with Crippen molar-refractivity contribution in [2.75, 3.05) is 24.3 Å². The van der Waals surface area contributed by atoms with E-state index in [1.807, 2.05) is 0 Å². The Bertz CT molecular complexity index is 1210. The highest BCUT2D eigenvalue weighted by atomic mass is 35.5. The number of hydrogen-bond acceptors (Lipinski definition) is 6. The van der Waals surface area contributed by atoms with Gasteiger partial charge in [-0.1, -0.05) is 23.7 Å². The minimum absolute atomic E-state index is 0.0221. The average molecular weight is 471 g/mol. The molecule has 3 rings (SSSR count). The standard InChI is InChI=1S/C19H20ClFN4O5S/c1-30-14-6-4-13(5-7-14)12-24(31(2,28)29)19-17-15(20)8-9-16(25(26)27)18(17)23(22-19)11-3-10-21/h4-9H,3,10-12H2,1-2H3. The number of sulfonamides is 1. The maximum Gasteiger partial charge on any atom is 0.295 e. The molecule has 0 aliphatic heterocycles. The summed E-state index contributed by atoms with van der Waals surface area (Å²) in [6.07, 6.45) is 1.06. The molecule has 0 radical (unpaired) electrons. The predicted octanol–water partition coefficient (Wildman–Crippen LogP) is 3.93. The molecule has 166 valence electrons. The Labute approximate surface area is 183 Å². The number of aryl methyl sites for hydroxylation is 1. The Morgan fingerprint density at radius 3 is 2.48 bits per heavy atom. The molecular weight excluding hydrogens is 451 g/mol.